The Morgan fingerprint density at radius 3 is 2.75 bits per heavy atom. The van der Waals surface area contributed by atoms with Crippen molar-refractivity contribution in [2.75, 3.05) is 5.43 Å². The van der Waals surface area contributed by atoms with E-state index in [2.05, 4.69) is 46.5 Å². The summed E-state index contributed by atoms with van der Waals surface area (Å²) >= 11 is 0. The fraction of sp³-hybridized carbons (Fsp3) is 0.714. The zero-order valence-electron chi connectivity index (χ0n) is 12.6. The van der Waals surface area contributed by atoms with Crippen molar-refractivity contribution in [3.63, 3.8) is 0 Å². The molecule has 1 aliphatic carbocycles. The summed E-state index contributed by atoms with van der Waals surface area (Å²) in [5.41, 5.74) is 4.14. The number of aromatic amines is 1. The third-order valence-electron chi connectivity index (χ3n) is 3.93. The summed E-state index contributed by atoms with van der Waals surface area (Å²) in [5.74, 6) is 2.04. The van der Waals surface area contributed by atoms with Gasteiger partial charge in [0.1, 0.15) is 5.69 Å². The number of aryl methyl sites for hydroxylation is 1. The highest BCUT2D eigenvalue weighted by Crippen LogP contribution is 2.31. The minimum atomic E-state index is -0.236. The van der Waals surface area contributed by atoms with Crippen LogP contribution in [0.5, 0.6) is 0 Å². The Bertz CT molecular complexity index is 549. The first kappa shape index (κ1) is 14.7. The predicted molar refractivity (Wildman–Crippen MR) is 79.8 cm³/mol. The number of nitrogens with one attached hydrogen (secondary N) is 2. The summed E-state index contributed by atoms with van der Waals surface area (Å²) in [5, 5.41) is 12.1. The number of hydrogen-bond acceptors (Lipinski definition) is 5. The smallest absolute Gasteiger partial charge is 0.274 e. The fourth-order valence-corrected chi connectivity index (χ4v) is 2.66. The molecule has 1 aliphatic rings. The Hall–Kier alpha value is -1.72. The van der Waals surface area contributed by atoms with Crippen molar-refractivity contribution >= 4 is 11.7 Å². The fourth-order valence-electron chi connectivity index (χ4n) is 2.66. The molecular formula is C14H23N5O. The molecule has 1 fully saturated rings. The standard InChI is InChI=1S/C14H23N5O/c1-8(2)11-6-5-9(3)7-12(11)17-19-14-15-13(20)10(4)16-18-14/h8-9,11H,5-7H2,1-4H3,(H2,15,18,19,20)/b17-12-/t9-,11-/m1/s1. The first-order chi connectivity index (χ1) is 9.47. The van der Waals surface area contributed by atoms with Gasteiger partial charge in [0.25, 0.3) is 5.56 Å². The van der Waals surface area contributed by atoms with Crippen molar-refractivity contribution in [2.45, 2.75) is 47.0 Å². The molecule has 2 N–H and O–H groups in total. The van der Waals surface area contributed by atoms with E-state index in [1.165, 1.54) is 18.6 Å². The van der Waals surface area contributed by atoms with Crippen LogP contribution in [0.1, 0.15) is 45.7 Å². The molecule has 0 bridgehead atoms. The minimum absolute atomic E-state index is 0.236. The van der Waals surface area contributed by atoms with Crippen LogP contribution in [0.2, 0.25) is 0 Å². The van der Waals surface area contributed by atoms with Gasteiger partial charge in [-0.05, 0) is 38.0 Å². The van der Waals surface area contributed by atoms with Gasteiger partial charge in [-0.15, -0.1) is 10.2 Å². The first-order valence-electron chi connectivity index (χ1n) is 7.23. The predicted octanol–water partition coefficient (Wildman–Crippen LogP) is 2.33. The molecule has 1 aromatic heterocycles. The van der Waals surface area contributed by atoms with Crippen molar-refractivity contribution in [3.05, 3.63) is 16.0 Å². The number of aromatic nitrogens is 3. The van der Waals surface area contributed by atoms with Gasteiger partial charge in [0.2, 0.25) is 5.95 Å². The first-order valence-corrected chi connectivity index (χ1v) is 7.23. The van der Waals surface area contributed by atoms with Crippen LogP contribution in [0.15, 0.2) is 9.90 Å². The molecule has 20 heavy (non-hydrogen) atoms. The molecule has 1 heterocycles. The lowest BCUT2D eigenvalue weighted by Crippen LogP contribution is -2.28. The van der Waals surface area contributed by atoms with Crippen LogP contribution >= 0.6 is 0 Å². The molecule has 0 unspecified atom stereocenters. The number of nitrogens with zero attached hydrogens (tertiary/aromatic N) is 3. The Balaban J connectivity index is 2.14. The lowest BCUT2D eigenvalue weighted by Gasteiger charge is -2.30. The molecule has 6 heteroatoms. The number of anilines is 1. The van der Waals surface area contributed by atoms with E-state index in [1.807, 2.05) is 0 Å². The molecule has 0 amide bonds. The molecule has 0 radical (unpaired) electrons. The number of hydrogen-bond donors (Lipinski definition) is 2. The van der Waals surface area contributed by atoms with Gasteiger partial charge in [0.05, 0.1) is 0 Å². The van der Waals surface area contributed by atoms with Gasteiger partial charge in [0, 0.05) is 11.6 Å². The van der Waals surface area contributed by atoms with Gasteiger partial charge in [-0.1, -0.05) is 20.8 Å². The third-order valence-corrected chi connectivity index (χ3v) is 3.93. The highest BCUT2D eigenvalue weighted by molar-refractivity contribution is 5.88. The molecule has 110 valence electrons. The normalized spacial score (nSPS) is 25.1. The highest BCUT2D eigenvalue weighted by atomic mass is 16.1. The second-order valence-electron chi connectivity index (χ2n) is 6.04. The largest absolute Gasteiger partial charge is 0.288 e. The van der Waals surface area contributed by atoms with Crippen molar-refractivity contribution < 1.29 is 0 Å². The van der Waals surface area contributed by atoms with Gasteiger partial charge in [-0.25, -0.2) is 5.43 Å². The quantitative estimate of drug-likeness (QED) is 0.831. The third kappa shape index (κ3) is 3.43. The summed E-state index contributed by atoms with van der Waals surface area (Å²) < 4.78 is 0. The van der Waals surface area contributed by atoms with E-state index in [0.717, 1.165) is 6.42 Å². The van der Waals surface area contributed by atoms with E-state index in [4.69, 9.17) is 0 Å². The molecule has 0 spiro atoms. The van der Waals surface area contributed by atoms with Crippen molar-refractivity contribution in [1.82, 2.24) is 15.2 Å². The molecule has 1 aromatic rings. The monoisotopic (exact) mass is 277 g/mol. The van der Waals surface area contributed by atoms with Crippen molar-refractivity contribution in [1.29, 1.82) is 0 Å². The van der Waals surface area contributed by atoms with Crippen LogP contribution in [0.25, 0.3) is 0 Å². The summed E-state index contributed by atoms with van der Waals surface area (Å²) in [6.07, 6.45) is 3.43. The maximum absolute atomic E-state index is 11.5. The van der Waals surface area contributed by atoms with Crippen LogP contribution in [-0.4, -0.2) is 20.9 Å². The molecule has 1 saturated carbocycles. The van der Waals surface area contributed by atoms with E-state index in [9.17, 15) is 4.79 Å². The SMILES string of the molecule is Cc1nnc(N/N=C2/C[C@H](C)CC[C@@H]2C(C)C)[nH]c1=O. The number of H-pyrrole nitrogens is 1. The summed E-state index contributed by atoms with van der Waals surface area (Å²) in [6, 6.07) is 0. The van der Waals surface area contributed by atoms with Gasteiger partial charge < -0.3 is 0 Å². The van der Waals surface area contributed by atoms with Crippen LogP contribution in [0.4, 0.5) is 5.95 Å². The van der Waals surface area contributed by atoms with E-state index in [1.54, 1.807) is 6.92 Å². The summed E-state index contributed by atoms with van der Waals surface area (Å²) in [4.78, 5) is 14.1. The lowest BCUT2D eigenvalue weighted by atomic mass is 9.76. The molecular weight excluding hydrogens is 254 g/mol. The summed E-state index contributed by atoms with van der Waals surface area (Å²) in [7, 11) is 0. The van der Waals surface area contributed by atoms with Crippen LogP contribution in [0.3, 0.4) is 0 Å². The van der Waals surface area contributed by atoms with Gasteiger partial charge in [-0.2, -0.15) is 5.10 Å². The Kier molecular flexibility index (Phi) is 4.52. The molecule has 2 rings (SSSR count). The molecule has 0 aromatic carbocycles. The molecule has 6 nitrogen and oxygen atoms in total. The topological polar surface area (TPSA) is 83.0 Å². The van der Waals surface area contributed by atoms with Crippen LogP contribution in [-0.2, 0) is 0 Å². The molecule has 0 aliphatic heterocycles. The second-order valence-corrected chi connectivity index (χ2v) is 6.04. The van der Waals surface area contributed by atoms with Gasteiger partial charge in [-0.3, -0.25) is 9.78 Å². The maximum atomic E-state index is 11.5. The van der Waals surface area contributed by atoms with E-state index >= 15 is 0 Å². The van der Waals surface area contributed by atoms with Crippen molar-refractivity contribution in [2.24, 2.45) is 22.9 Å². The van der Waals surface area contributed by atoms with E-state index in [0.29, 0.717) is 29.4 Å². The molecule has 0 saturated heterocycles. The highest BCUT2D eigenvalue weighted by Gasteiger charge is 2.27. The van der Waals surface area contributed by atoms with Crippen LogP contribution in [0, 0.1) is 24.7 Å². The second kappa shape index (κ2) is 6.15. The van der Waals surface area contributed by atoms with Crippen LogP contribution < -0.4 is 11.0 Å². The van der Waals surface area contributed by atoms with E-state index < -0.39 is 0 Å². The average Bonchev–Trinajstić information content (AvgIpc) is 2.40. The van der Waals surface area contributed by atoms with Crippen molar-refractivity contribution in [3.8, 4) is 0 Å². The average molecular weight is 277 g/mol. The van der Waals surface area contributed by atoms with Gasteiger partial charge in [0.15, 0.2) is 0 Å². The van der Waals surface area contributed by atoms with E-state index in [-0.39, 0.29) is 5.56 Å². The summed E-state index contributed by atoms with van der Waals surface area (Å²) in [6.45, 7) is 8.33. The van der Waals surface area contributed by atoms with Gasteiger partial charge >= 0.3 is 0 Å². The number of hydrazone groups is 1. The zero-order valence-corrected chi connectivity index (χ0v) is 12.6. The zero-order chi connectivity index (χ0) is 14.7. The number of rotatable bonds is 3. The Morgan fingerprint density at radius 2 is 2.10 bits per heavy atom. The lowest BCUT2D eigenvalue weighted by molar-refractivity contribution is 0.364. The maximum Gasteiger partial charge on any atom is 0.274 e. The molecule has 2 atom stereocenters. The Morgan fingerprint density at radius 1 is 1.35 bits per heavy atom. The Labute approximate surface area is 119 Å². The minimum Gasteiger partial charge on any atom is -0.288 e.